The second kappa shape index (κ2) is 6.48. The second-order valence-corrected chi connectivity index (χ2v) is 3.82. The summed E-state index contributed by atoms with van der Waals surface area (Å²) in [4.78, 5) is 23.3. The summed E-state index contributed by atoms with van der Waals surface area (Å²) >= 11 is 0. The van der Waals surface area contributed by atoms with Gasteiger partial charge < -0.3 is 20.7 Å². The quantitative estimate of drug-likeness (QED) is 0.790. The predicted molar refractivity (Wildman–Crippen MR) is 67.1 cm³/mol. The molecule has 0 fully saturated rings. The molecule has 6 heteroatoms. The summed E-state index contributed by atoms with van der Waals surface area (Å²) in [6, 6.07) is 6.72. The fourth-order valence-electron chi connectivity index (χ4n) is 1.29. The highest BCUT2D eigenvalue weighted by Crippen LogP contribution is 2.10. The van der Waals surface area contributed by atoms with Crippen molar-refractivity contribution in [1.82, 2.24) is 10.2 Å². The number of rotatable bonds is 5. The Hall–Kier alpha value is -2.24. The second-order valence-electron chi connectivity index (χ2n) is 3.82. The summed E-state index contributed by atoms with van der Waals surface area (Å²) < 4.78 is 5.03. The molecule has 0 aromatic heterocycles. The predicted octanol–water partition coefficient (Wildman–Crippen LogP) is 0.322. The van der Waals surface area contributed by atoms with Gasteiger partial charge in [-0.25, -0.2) is 4.79 Å². The van der Waals surface area contributed by atoms with Gasteiger partial charge in [-0.05, 0) is 17.7 Å². The van der Waals surface area contributed by atoms with E-state index in [4.69, 9.17) is 10.5 Å². The Kier molecular flexibility index (Phi) is 4.98. The average molecular weight is 251 g/mol. The third-order valence-electron chi connectivity index (χ3n) is 2.41. The van der Waals surface area contributed by atoms with E-state index in [1.807, 2.05) is 24.3 Å². The summed E-state index contributed by atoms with van der Waals surface area (Å²) in [5, 5.41) is 2.69. The van der Waals surface area contributed by atoms with Gasteiger partial charge in [-0.15, -0.1) is 0 Å². The Morgan fingerprint density at radius 3 is 2.44 bits per heavy atom. The highest BCUT2D eigenvalue weighted by atomic mass is 16.5. The van der Waals surface area contributed by atoms with E-state index in [0.29, 0.717) is 6.54 Å². The largest absolute Gasteiger partial charge is 0.497 e. The van der Waals surface area contributed by atoms with Crippen molar-refractivity contribution in [3.8, 4) is 5.75 Å². The molecule has 3 amide bonds. The van der Waals surface area contributed by atoms with Crippen molar-refractivity contribution in [2.24, 2.45) is 5.73 Å². The van der Waals surface area contributed by atoms with Crippen molar-refractivity contribution in [3.05, 3.63) is 29.8 Å². The molecule has 1 aromatic carbocycles. The van der Waals surface area contributed by atoms with Crippen LogP contribution in [-0.2, 0) is 11.3 Å². The van der Waals surface area contributed by atoms with Gasteiger partial charge in [0, 0.05) is 13.6 Å². The Morgan fingerprint density at radius 2 is 1.94 bits per heavy atom. The molecule has 18 heavy (non-hydrogen) atoms. The minimum absolute atomic E-state index is 0.0501. The smallest absolute Gasteiger partial charge is 0.314 e. The fraction of sp³-hybridized carbons (Fsp3) is 0.333. The molecule has 0 spiro atoms. The number of urea groups is 1. The molecule has 0 bridgehead atoms. The molecule has 1 aromatic rings. The minimum Gasteiger partial charge on any atom is -0.497 e. The molecule has 0 saturated carbocycles. The van der Waals surface area contributed by atoms with Crippen LogP contribution in [0, 0.1) is 0 Å². The van der Waals surface area contributed by atoms with Crippen LogP contribution in [0.4, 0.5) is 4.79 Å². The first-order valence-corrected chi connectivity index (χ1v) is 5.43. The summed E-state index contributed by atoms with van der Waals surface area (Å²) in [5.41, 5.74) is 5.97. The zero-order valence-corrected chi connectivity index (χ0v) is 10.5. The van der Waals surface area contributed by atoms with Crippen molar-refractivity contribution in [2.45, 2.75) is 6.54 Å². The standard InChI is InChI=1S/C12H17N3O3/c1-15(12(13)17)8-11(16)14-7-9-3-5-10(18-2)6-4-9/h3-6H,7-8H2,1-2H3,(H2,13,17)(H,14,16). The van der Waals surface area contributed by atoms with Gasteiger partial charge in [-0.2, -0.15) is 0 Å². The topological polar surface area (TPSA) is 84.7 Å². The molecule has 0 aliphatic heterocycles. The van der Waals surface area contributed by atoms with Crippen molar-refractivity contribution >= 4 is 11.9 Å². The molecule has 98 valence electrons. The number of amides is 3. The molecule has 0 radical (unpaired) electrons. The van der Waals surface area contributed by atoms with E-state index in [1.54, 1.807) is 7.11 Å². The molecule has 0 aliphatic rings. The fourth-order valence-corrected chi connectivity index (χ4v) is 1.29. The molecule has 0 saturated heterocycles. The highest BCUT2D eigenvalue weighted by Gasteiger charge is 2.08. The zero-order chi connectivity index (χ0) is 13.5. The highest BCUT2D eigenvalue weighted by molar-refractivity contribution is 5.83. The van der Waals surface area contributed by atoms with Crippen LogP contribution in [0.1, 0.15) is 5.56 Å². The maximum atomic E-state index is 11.5. The van der Waals surface area contributed by atoms with Gasteiger partial charge in [0.1, 0.15) is 12.3 Å². The number of primary amides is 1. The Balaban J connectivity index is 2.40. The minimum atomic E-state index is -0.630. The zero-order valence-electron chi connectivity index (χ0n) is 10.5. The molecule has 1 rings (SSSR count). The number of ether oxygens (including phenoxy) is 1. The van der Waals surface area contributed by atoms with E-state index >= 15 is 0 Å². The van der Waals surface area contributed by atoms with Crippen LogP contribution >= 0.6 is 0 Å². The normalized spacial score (nSPS) is 9.67. The first kappa shape index (κ1) is 13.8. The Labute approximate surface area is 106 Å². The van der Waals surface area contributed by atoms with E-state index in [0.717, 1.165) is 16.2 Å². The maximum Gasteiger partial charge on any atom is 0.314 e. The Bertz CT molecular complexity index is 417. The number of hydrogen-bond acceptors (Lipinski definition) is 3. The first-order valence-electron chi connectivity index (χ1n) is 5.43. The van der Waals surface area contributed by atoms with Gasteiger partial charge in [-0.1, -0.05) is 12.1 Å². The van der Waals surface area contributed by atoms with Crippen LogP contribution in [0.25, 0.3) is 0 Å². The molecule has 0 unspecified atom stereocenters. The van der Waals surface area contributed by atoms with E-state index in [2.05, 4.69) is 5.32 Å². The van der Waals surface area contributed by atoms with Gasteiger partial charge in [0.15, 0.2) is 0 Å². The van der Waals surface area contributed by atoms with Crippen LogP contribution < -0.4 is 15.8 Å². The molecule has 6 nitrogen and oxygen atoms in total. The number of methoxy groups -OCH3 is 1. The van der Waals surface area contributed by atoms with Crippen LogP contribution in [0.2, 0.25) is 0 Å². The van der Waals surface area contributed by atoms with Gasteiger partial charge >= 0.3 is 6.03 Å². The van der Waals surface area contributed by atoms with Crippen molar-refractivity contribution in [1.29, 1.82) is 0 Å². The van der Waals surface area contributed by atoms with E-state index in [1.165, 1.54) is 7.05 Å². The third kappa shape index (κ3) is 4.32. The van der Waals surface area contributed by atoms with E-state index in [9.17, 15) is 9.59 Å². The van der Waals surface area contributed by atoms with Gasteiger partial charge in [0.2, 0.25) is 5.91 Å². The monoisotopic (exact) mass is 251 g/mol. The summed E-state index contributed by atoms with van der Waals surface area (Å²) in [7, 11) is 3.06. The first-order chi connectivity index (χ1) is 8.52. The molecule has 0 aliphatic carbocycles. The number of nitrogens with two attached hydrogens (primary N) is 1. The van der Waals surface area contributed by atoms with Crippen LogP contribution in [-0.4, -0.2) is 37.5 Å². The van der Waals surface area contributed by atoms with Crippen molar-refractivity contribution in [3.63, 3.8) is 0 Å². The van der Waals surface area contributed by atoms with Crippen molar-refractivity contribution in [2.75, 3.05) is 20.7 Å². The van der Waals surface area contributed by atoms with E-state index < -0.39 is 6.03 Å². The number of likely N-dealkylation sites (N-methyl/N-ethyl adjacent to an activating group) is 1. The SMILES string of the molecule is COc1ccc(CNC(=O)CN(C)C(N)=O)cc1. The molecule has 0 atom stereocenters. The summed E-state index contributed by atoms with van der Waals surface area (Å²) in [6.45, 7) is 0.348. The maximum absolute atomic E-state index is 11.5. The summed E-state index contributed by atoms with van der Waals surface area (Å²) in [6.07, 6.45) is 0. The molecular weight excluding hydrogens is 234 g/mol. The van der Waals surface area contributed by atoms with Crippen LogP contribution in [0.15, 0.2) is 24.3 Å². The van der Waals surface area contributed by atoms with Gasteiger partial charge in [0.05, 0.1) is 7.11 Å². The lowest BCUT2D eigenvalue weighted by molar-refractivity contribution is -0.121. The molecular formula is C12H17N3O3. The lowest BCUT2D eigenvalue weighted by atomic mass is 10.2. The number of nitrogens with one attached hydrogen (secondary N) is 1. The van der Waals surface area contributed by atoms with Gasteiger partial charge in [-0.3, -0.25) is 4.79 Å². The lowest BCUT2D eigenvalue weighted by Gasteiger charge is -2.13. The molecule has 3 N–H and O–H groups in total. The molecule has 0 heterocycles. The van der Waals surface area contributed by atoms with Gasteiger partial charge in [0.25, 0.3) is 0 Å². The average Bonchev–Trinajstić information content (AvgIpc) is 2.36. The summed E-state index contributed by atoms with van der Waals surface area (Å²) in [5.74, 6) is 0.505. The number of carbonyl (C=O) groups excluding carboxylic acids is 2. The third-order valence-corrected chi connectivity index (χ3v) is 2.41. The van der Waals surface area contributed by atoms with Crippen LogP contribution in [0.3, 0.4) is 0 Å². The van der Waals surface area contributed by atoms with Crippen molar-refractivity contribution < 1.29 is 14.3 Å². The van der Waals surface area contributed by atoms with Crippen LogP contribution in [0.5, 0.6) is 5.75 Å². The lowest BCUT2D eigenvalue weighted by Crippen LogP contribution is -2.40. The number of hydrogen-bond donors (Lipinski definition) is 2. The number of nitrogens with zero attached hydrogens (tertiary/aromatic N) is 1. The Morgan fingerprint density at radius 1 is 1.33 bits per heavy atom. The van der Waals surface area contributed by atoms with E-state index in [-0.39, 0.29) is 12.5 Å². The number of benzene rings is 1. The number of carbonyl (C=O) groups is 2.